The third kappa shape index (κ3) is 3.77. The molecule has 3 rings (SSSR count). The number of amides is 1. The van der Waals surface area contributed by atoms with Crippen molar-refractivity contribution in [2.75, 3.05) is 10.6 Å². The van der Waals surface area contributed by atoms with Crippen molar-refractivity contribution in [3.05, 3.63) is 77.6 Å². The van der Waals surface area contributed by atoms with Gasteiger partial charge in [0.15, 0.2) is 0 Å². The summed E-state index contributed by atoms with van der Waals surface area (Å²) in [4.78, 5) is 19.8. The topological polar surface area (TPSA) is 66.9 Å². The van der Waals surface area contributed by atoms with Crippen LogP contribution in [-0.4, -0.2) is 15.9 Å². The Morgan fingerprint density at radius 2 is 1.65 bits per heavy atom. The zero-order valence-corrected chi connectivity index (χ0v) is 12.9. The van der Waals surface area contributed by atoms with E-state index in [2.05, 4.69) is 20.6 Å². The monoisotopic (exact) mass is 362 g/mol. The number of nitrogens with one attached hydrogen (secondary N) is 2. The summed E-state index contributed by atoms with van der Waals surface area (Å²) in [5.74, 6) is -4.52. The summed E-state index contributed by atoms with van der Waals surface area (Å²) in [6, 6.07) is 7.14. The maximum Gasteiger partial charge on any atom is 0.274 e. The molecule has 0 atom stereocenters. The molecule has 0 radical (unpaired) electrons. The Bertz CT molecular complexity index is 960. The van der Waals surface area contributed by atoms with E-state index in [0.29, 0.717) is 6.07 Å². The molecule has 0 spiro atoms. The average molecular weight is 362 g/mol. The molecule has 1 aromatic heterocycles. The molecule has 9 heteroatoms. The smallest absolute Gasteiger partial charge is 0.274 e. The Morgan fingerprint density at radius 3 is 2.35 bits per heavy atom. The summed E-state index contributed by atoms with van der Waals surface area (Å²) in [6.45, 7) is 0. The Labute approximate surface area is 144 Å². The molecule has 0 aliphatic heterocycles. The van der Waals surface area contributed by atoms with E-state index in [-0.39, 0.29) is 17.3 Å². The predicted molar refractivity (Wildman–Crippen MR) is 86.0 cm³/mol. The molecule has 26 heavy (non-hydrogen) atoms. The van der Waals surface area contributed by atoms with Gasteiger partial charge in [0, 0.05) is 12.3 Å². The van der Waals surface area contributed by atoms with E-state index in [1.165, 1.54) is 18.3 Å². The molecule has 0 aliphatic rings. The number of nitrogens with zero attached hydrogens (tertiary/aromatic N) is 2. The summed E-state index contributed by atoms with van der Waals surface area (Å²) in [5, 5.41) is 4.56. The van der Waals surface area contributed by atoms with Crippen molar-refractivity contribution in [3.8, 4) is 0 Å². The molecule has 2 aromatic carbocycles. The van der Waals surface area contributed by atoms with Crippen LogP contribution in [0.3, 0.4) is 0 Å². The normalized spacial score (nSPS) is 10.5. The van der Waals surface area contributed by atoms with Gasteiger partial charge in [-0.2, -0.15) is 0 Å². The lowest BCUT2D eigenvalue weighted by atomic mass is 10.2. The predicted octanol–water partition coefficient (Wildman–Crippen LogP) is 4.03. The highest BCUT2D eigenvalue weighted by Gasteiger charge is 2.14. The van der Waals surface area contributed by atoms with Gasteiger partial charge in [0.2, 0.25) is 5.95 Å². The van der Waals surface area contributed by atoms with Crippen LogP contribution in [0, 0.1) is 23.3 Å². The summed E-state index contributed by atoms with van der Waals surface area (Å²) in [6.07, 6.45) is 1.18. The highest BCUT2D eigenvalue weighted by molar-refractivity contribution is 6.03. The lowest BCUT2D eigenvalue weighted by molar-refractivity contribution is 0.102. The lowest BCUT2D eigenvalue weighted by Crippen LogP contribution is -2.16. The molecule has 0 saturated heterocycles. The fourth-order valence-corrected chi connectivity index (χ4v) is 2.05. The van der Waals surface area contributed by atoms with Gasteiger partial charge in [-0.1, -0.05) is 6.07 Å². The molecule has 0 bridgehead atoms. The fourth-order valence-electron chi connectivity index (χ4n) is 2.05. The van der Waals surface area contributed by atoms with Crippen molar-refractivity contribution in [3.63, 3.8) is 0 Å². The van der Waals surface area contributed by atoms with Crippen molar-refractivity contribution >= 4 is 23.2 Å². The number of hydrogen-bond donors (Lipinski definition) is 2. The number of hydrogen-bond acceptors (Lipinski definition) is 4. The fraction of sp³-hybridized carbons (Fsp3) is 0. The van der Waals surface area contributed by atoms with Crippen LogP contribution in [0.1, 0.15) is 10.5 Å². The van der Waals surface area contributed by atoms with E-state index in [4.69, 9.17) is 0 Å². The molecule has 1 heterocycles. The molecular formula is C17H10F4N4O. The number of carbonyl (C=O) groups is 1. The summed E-state index contributed by atoms with van der Waals surface area (Å²) in [7, 11) is 0. The molecule has 0 aliphatic carbocycles. The van der Waals surface area contributed by atoms with Crippen LogP contribution in [0.5, 0.6) is 0 Å². The van der Waals surface area contributed by atoms with Crippen LogP contribution < -0.4 is 10.6 Å². The number of rotatable bonds is 4. The van der Waals surface area contributed by atoms with Crippen LogP contribution in [0.2, 0.25) is 0 Å². The van der Waals surface area contributed by atoms with E-state index in [1.54, 1.807) is 0 Å². The van der Waals surface area contributed by atoms with Gasteiger partial charge in [0.25, 0.3) is 5.91 Å². The van der Waals surface area contributed by atoms with Gasteiger partial charge in [-0.25, -0.2) is 27.5 Å². The third-order valence-electron chi connectivity index (χ3n) is 3.27. The number of carbonyl (C=O) groups excluding carboxylic acids is 1. The first-order chi connectivity index (χ1) is 12.4. The molecule has 0 saturated carbocycles. The van der Waals surface area contributed by atoms with Gasteiger partial charge >= 0.3 is 0 Å². The molecule has 0 fully saturated rings. The number of aromatic nitrogens is 2. The van der Waals surface area contributed by atoms with Crippen molar-refractivity contribution in [1.82, 2.24) is 9.97 Å². The Morgan fingerprint density at radius 1 is 0.923 bits per heavy atom. The van der Waals surface area contributed by atoms with Gasteiger partial charge in [-0.15, -0.1) is 0 Å². The van der Waals surface area contributed by atoms with Gasteiger partial charge in [-0.3, -0.25) is 4.79 Å². The Hall–Kier alpha value is -3.49. The largest absolute Gasteiger partial charge is 0.319 e. The molecule has 0 unspecified atom stereocenters. The van der Waals surface area contributed by atoms with Crippen molar-refractivity contribution in [2.45, 2.75) is 0 Å². The second-order valence-electron chi connectivity index (χ2n) is 5.07. The van der Waals surface area contributed by atoms with Crippen LogP contribution in [0.15, 0.2) is 48.7 Å². The van der Waals surface area contributed by atoms with E-state index in [1.807, 2.05) is 0 Å². The van der Waals surface area contributed by atoms with Crippen LogP contribution in [-0.2, 0) is 0 Å². The minimum Gasteiger partial charge on any atom is -0.319 e. The summed E-state index contributed by atoms with van der Waals surface area (Å²) in [5.41, 5.74) is -0.915. The number of halogens is 4. The summed E-state index contributed by atoms with van der Waals surface area (Å²) >= 11 is 0. The van der Waals surface area contributed by atoms with E-state index < -0.39 is 34.9 Å². The van der Waals surface area contributed by atoms with E-state index >= 15 is 0 Å². The third-order valence-corrected chi connectivity index (χ3v) is 3.27. The van der Waals surface area contributed by atoms with Gasteiger partial charge in [0.05, 0.1) is 5.69 Å². The standard InChI is InChI=1S/C17H10F4N4O/c18-9-4-5-13(12(21)8-9)23-16(26)14-6-7-22-17(24-14)25-15-10(19)2-1-3-11(15)20/h1-8H,(H,23,26)(H,22,24,25). The highest BCUT2D eigenvalue weighted by atomic mass is 19.1. The minimum atomic E-state index is -0.959. The van der Waals surface area contributed by atoms with E-state index in [9.17, 15) is 22.4 Å². The molecule has 3 aromatic rings. The zero-order valence-electron chi connectivity index (χ0n) is 12.9. The number of para-hydroxylation sites is 1. The average Bonchev–Trinajstić information content (AvgIpc) is 2.61. The van der Waals surface area contributed by atoms with Crippen LogP contribution in [0.4, 0.5) is 34.9 Å². The second-order valence-corrected chi connectivity index (χ2v) is 5.07. The van der Waals surface area contributed by atoms with E-state index in [0.717, 1.165) is 24.3 Å². The van der Waals surface area contributed by atoms with Gasteiger partial charge in [0.1, 0.15) is 34.7 Å². The first kappa shape index (κ1) is 17.3. The molecule has 132 valence electrons. The van der Waals surface area contributed by atoms with Gasteiger partial charge < -0.3 is 10.6 Å². The lowest BCUT2D eigenvalue weighted by Gasteiger charge is -2.09. The zero-order chi connectivity index (χ0) is 18.7. The SMILES string of the molecule is O=C(Nc1ccc(F)cc1F)c1ccnc(Nc2c(F)cccc2F)n1. The molecule has 5 nitrogen and oxygen atoms in total. The first-order valence-electron chi connectivity index (χ1n) is 7.24. The maximum atomic E-state index is 13.7. The summed E-state index contributed by atoms with van der Waals surface area (Å²) < 4.78 is 53.8. The molecule has 2 N–H and O–H groups in total. The van der Waals surface area contributed by atoms with Crippen molar-refractivity contribution in [1.29, 1.82) is 0 Å². The van der Waals surface area contributed by atoms with Crippen LogP contribution in [0.25, 0.3) is 0 Å². The Kier molecular flexibility index (Phi) is 4.78. The van der Waals surface area contributed by atoms with Crippen LogP contribution >= 0.6 is 0 Å². The van der Waals surface area contributed by atoms with Crippen molar-refractivity contribution < 1.29 is 22.4 Å². The molecule has 1 amide bonds. The highest BCUT2D eigenvalue weighted by Crippen LogP contribution is 2.21. The second kappa shape index (κ2) is 7.18. The molecular weight excluding hydrogens is 352 g/mol. The number of benzene rings is 2. The quantitative estimate of drug-likeness (QED) is 0.688. The Balaban J connectivity index is 1.81. The van der Waals surface area contributed by atoms with Crippen molar-refractivity contribution in [2.24, 2.45) is 0 Å². The minimum absolute atomic E-state index is 0.192. The number of anilines is 3. The maximum absolute atomic E-state index is 13.7. The van der Waals surface area contributed by atoms with Gasteiger partial charge in [-0.05, 0) is 30.3 Å². The first-order valence-corrected chi connectivity index (χ1v) is 7.24.